The van der Waals surface area contributed by atoms with Gasteiger partial charge in [0.25, 0.3) is 0 Å². The number of hydrogen-bond donors (Lipinski definition) is 2. The molecule has 0 saturated heterocycles. The van der Waals surface area contributed by atoms with Crippen LogP contribution in [-0.2, 0) is 14.8 Å². The number of carboxylic acids is 1. The molecule has 8 heteroatoms. The lowest BCUT2D eigenvalue weighted by Gasteiger charge is -2.19. The Bertz CT molecular complexity index is 1150. The van der Waals surface area contributed by atoms with Crippen LogP contribution in [0.1, 0.15) is 35.4 Å². The highest BCUT2D eigenvalue weighted by molar-refractivity contribution is 7.89. The second-order valence-corrected chi connectivity index (χ2v) is 8.85. The number of ether oxygens (including phenoxy) is 1. The summed E-state index contributed by atoms with van der Waals surface area (Å²) in [5, 5.41) is 18.2. The molecule has 0 spiro atoms. The fourth-order valence-corrected chi connectivity index (χ4v) is 5.37. The molecule has 0 bridgehead atoms. The number of nitriles is 1. The molecule has 1 aliphatic heterocycles. The van der Waals surface area contributed by atoms with Gasteiger partial charge in [0, 0.05) is 23.1 Å². The van der Waals surface area contributed by atoms with E-state index in [0.29, 0.717) is 29.7 Å². The standard InChI is InChI=1S/C21H18N2O5S/c1-12(21(24)25)15-3-2-4-16-19-17(9-10-18(19)28-20(15)16)23-29(26,27)14-7-5-13(11-22)6-8-14/h2-8,17-19,23H,1,9-10H2,(H,24,25). The first-order chi connectivity index (χ1) is 13.8. The van der Waals surface area contributed by atoms with Crippen LogP contribution in [0.5, 0.6) is 5.75 Å². The number of benzene rings is 2. The SMILES string of the molecule is C=C(C(=O)O)c1cccc2c1OC1CCC(NS(=O)(=O)c3ccc(C#N)cc3)C21. The van der Waals surface area contributed by atoms with E-state index in [9.17, 15) is 18.3 Å². The van der Waals surface area contributed by atoms with Gasteiger partial charge >= 0.3 is 5.97 Å². The van der Waals surface area contributed by atoms with Crippen LogP contribution in [0.3, 0.4) is 0 Å². The van der Waals surface area contributed by atoms with E-state index in [-0.39, 0.29) is 28.5 Å². The lowest BCUT2D eigenvalue weighted by molar-refractivity contribution is -0.130. The summed E-state index contributed by atoms with van der Waals surface area (Å²) < 4.78 is 34.4. The number of carboxylic acid groups (broad SMARTS) is 1. The Hall–Kier alpha value is -3.15. The number of rotatable bonds is 5. The van der Waals surface area contributed by atoms with E-state index in [1.807, 2.05) is 12.1 Å². The molecule has 1 saturated carbocycles. The zero-order chi connectivity index (χ0) is 20.8. The van der Waals surface area contributed by atoms with Crippen LogP contribution < -0.4 is 9.46 Å². The fraction of sp³-hybridized carbons (Fsp3) is 0.238. The van der Waals surface area contributed by atoms with Crippen LogP contribution in [0, 0.1) is 11.3 Å². The summed E-state index contributed by atoms with van der Waals surface area (Å²) in [6.45, 7) is 3.61. The molecule has 2 aliphatic rings. The number of aliphatic carboxylic acids is 1. The van der Waals surface area contributed by atoms with Crippen LogP contribution in [0.4, 0.5) is 0 Å². The van der Waals surface area contributed by atoms with Crippen molar-refractivity contribution in [2.24, 2.45) is 0 Å². The Labute approximate surface area is 168 Å². The smallest absolute Gasteiger partial charge is 0.335 e. The van der Waals surface area contributed by atoms with Crippen molar-refractivity contribution >= 4 is 21.6 Å². The Balaban J connectivity index is 1.63. The molecule has 2 aromatic carbocycles. The Morgan fingerprint density at radius 3 is 2.59 bits per heavy atom. The average Bonchev–Trinajstić information content (AvgIpc) is 3.27. The molecule has 1 fully saturated rings. The van der Waals surface area contributed by atoms with E-state index in [1.165, 1.54) is 24.3 Å². The van der Waals surface area contributed by atoms with Crippen molar-refractivity contribution in [2.75, 3.05) is 0 Å². The van der Waals surface area contributed by atoms with Crippen LogP contribution in [0.15, 0.2) is 53.9 Å². The number of nitrogens with one attached hydrogen (secondary N) is 1. The molecular weight excluding hydrogens is 392 g/mol. The highest BCUT2D eigenvalue weighted by Crippen LogP contribution is 2.49. The number of hydrogen-bond acceptors (Lipinski definition) is 5. The molecule has 3 unspecified atom stereocenters. The molecule has 148 valence electrons. The van der Waals surface area contributed by atoms with Gasteiger partial charge in [0.2, 0.25) is 10.0 Å². The molecule has 0 aromatic heterocycles. The minimum absolute atomic E-state index is 0.0588. The number of sulfonamides is 1. The van der Waals surface area contributed by atoms with E-state index >= 15 is 0 Å². The Morgan fingerprint density at radius 1 is 1.21 bits per heavy atom. The zero-order valence-corrected chi connectivity index (χ0v) is 16.1. The van der Waals surface area contributed by atoms with Crippen LogP contribution in [0.2, 0.25) is 0 Å². The van der Waals surface area contributed by atoms with Crippen molar-refractivity contribution < 1.29 is 23.1 Å². The third-order valence-corrected chi connectivity index (χ3v) is 6.96. The largest absolute Gasteiger partial charge is 0.489 e. The monoisotopic (exact) mass is 410 g/mol. The minimum atomic E-state index is -3.78. The normalized spacial score (nSPS) is 22.2. The maximum Gasteiger partial charge on any atom is 0.335 e. The molecule has 1 heterocycles. The van der Waals surface area contributed by atoms with E-state index in [4.69, 9.17) is 10.00 Å². The molecule has 2 aromatic rings. The van der Waals surface area contributed by atoms with E-state index in [1.54, 1.807) is 12.1 Å². The summed E-state index contributed by atoms with van der Waals surface area (Å²) in [5.41, 5.74) is 1.53. The summed E-state index contributed by atoms with van der Waals surface area (Å²) in [5.74, 6) is -0.867. The van der Waals surface area contributed by atoms with Gasteiger partial charge < -0.3 is 9.84 Å². The van der Waals surface area contributed by atoms with E-state index < -0.39 is 16.0 Å². The van der Waals surface area contributed by atoms with Gasteiger partial charge in [-0.25, -0.2) is 17.9 Å². The third-order valence-electron chi connectivity index (χ3n) is 5.45. The van der Waals surface area contributed by atoms with Crippen molar-refractivity contribution in [1.82, 2.24) is 4.72 Å². The van der Waals surface area contributed by atoms with Crippen molar-refractivity contribution in [1.29, 1.82) is 5.26 Å². The quantitative estimate of drug-likeness (QED) is 0.732. The summed E-state index contributed by atoms with van der Waals surface area (Å²) in [6, 6.07) is 12.5. The minimum Gasteiger partial charge on any atom is -0.489 e. The van der Waals surface area contributed by atoms with Crippen molar-refractivity contribution in [2.45, 2.75) is 35.8 Å². The first-order valence-electron chi connectivity index (χ1n) is 9.06. The lowest BCUT2D eigenvalue weighted by Crippen LogP contribution is -2.37. The van der Waals surface area contributed by atoms with Crippen LogP contribution in [0.25, 0.3) is 5.57 Å². The van der Waals surface area contributed by atoms with Gasteiger partial charge in [0.05, 0.1) is 22.1 Å². The zero-order valence-electron chi connectivity index (χ0n) is 15.3. The van der Waals surface area contributed by atoms with Crippen molar-refractivity contribution in [3.8, 4) is 11.8 Å². The van der Waals surface area contributed by atoms with Gasteiger partial charge in [-0.15, -0.1) is 0 Å². The third kappa shape index (κ3) is 3.28. The summed E-state index contributed by atoms with van der Waals surface area (Å²) >= 11 is 0. The van der Waals surface area contributed by atoms with E-state index in [0.717, 1.165) is 5.56 Å². The van der Waals surface area contributed by atoms with E-state index in [2.05, 4.69) is 11.3 Å². The van der Waals surface area contributed by atoms with Crippen LogP contribution >= 0.6 is 0 Å². The summed E-state index contributed by atoms with van der Waals surface area (Å²) in [7, 11) is -3.78. The Kier molecular flexibility index (Phi) is 4.65. The van der Waals surface area contributed by atoms with Gasteiger partial charge in [0.15, 0.2) is 0 Å². The predicted molar refractivity (Wildman–Crippen MR) is 105 cm³/mol. The van der Waals surface area contributed by atoms with Gasteiger partial charge in [0.1, 0.15) is 11.9 Å². The molecular formula is C21H18N2O5S. The Morgan fingerprint density at radius 2 is 1.93 bits per heavy atom. The molecule has 29 heavy (non-hydrogen) atoms. The average molecular weight is 410 g/mol. The summed E-state index contributed by atoms with van der Waals surface area (Å²) in [4.78, 5) is 11.4. The topological polar surface area (TPSA) is 116 Å². The van der Waals surface area contributed by atoms with Gasteiger partial charge in [-0.3, -0.25) is 0 Å². The van der Waals surface area contributed by atoms with Gasteiger partial charge in [-0.05, 0) is 37.1 Å². The predicted octanol–water partition coefficient (Wildman–Crippen LogP) is 2.64. The molecule has 0 amide bonds. The molecule has 1 aliphatic carbocycles. The second-order valence-electron chi connectivity index (χ2n) is 7.13. The number of para-hydroxylation sites is 1. The second kappa shape index (κ2) is 7.03. The number of nitrogens with zero attached hydrogens (tertiary/aromatic N) is 1. The first kappa shape index (κ1) is 19.2. The molecule has 0 radical (unpaired) electrons. The van der Waals surface area contributed by atoms with Crippen LogP contribution in [-0.4, -0.2) is 31.6 Å². The maximum absolute atomic E-state index is 12.8. The lowest BCUT2D eigenvalue weighted by atomic mass is 9.92. The van der Waals surface area contributed by atoms with Crippen molar-refractivity contribution in [3.63, 3.8) is 0 Å². The maximum atomic E-state index is 12.8. The number of carbonyl (C=O) groups is 1. The summed E-state index contributed by atoms with van der Waals surface area (Å²) in [6.07, 6.45) is 1.04. The van der Waals surface area contributed by atoms with Gasteiger partial charge in [-0.1, -0.05) is 24.8 Å². The fourth-order valence-electron chi connectivity index (χ4n) is 4.07. The highest BCUT2D eigenvalue weighted by atomic mass is 32.2. The molecule has 2 N–H and O–H groups in total. The molecule has 4 rings (SSSR count). The van der Waals surface area contributed by atoms with Gasteiger partial charge in [-0.2, -0.15) is 5.26 Å². The highest BCUT2D eigenvalue weighted by Gasteiger charge is 2.47. The molecule has 3 atom stereocenters. The molecule has 7 nitrogen and oxygen atoms in total. The van der Waals surface area contributed by atoms with Crippen molar-refractivity contribution in [3.05, 3.63) is 65.7 Å². The number of fused-ring (bicyclic) bond motifs is 3. The first-order valence-corrected chi connectivity index (χ1v) is 10.5.